The summed E-state index contributed by atoms with van der Waals surface area (Å²) in [5, 5.41) is 1.94. The number of carbonyl (C=O) groups excluding carboxylic acids is 1. The highest BCUT2D eigenvalue weighted by Gasteiger charge is 2.24. The first-order valence-corrected chi connectivity index (χ1v) is 8.16. The number of nitrogens with zero attached hydrogens (tertiary/aromatic N) is 2. The standard InChI is InChI=1S/C18H26N4O2/c1-3-5-15(6-4-2)16-9-10-22(20-16)18(8-7-17(19)23)21-11-13-24-14-12-21/h3-6,8-10,16,20H,1,7,11-14H2,2H3,(H2,19,23)/b6-4-,15-5+,18-8-. The molecule has 0 aliphatic carbocycles. The second kappa shape index (κ2) is 9.10. The first kappa shape index (κ1) is 18.0. The summed E-state index contributed by atoms with van der Waals surface area (Å²) in [4.78, 5) is 13.4. The van der Waals surface area contributed by atoms with Crippen molar-refractivity contribution in [1.29, 1.82) is 0 Å². The average Bonchev–Trinajstić information content (AvgIpc) is 3.05. The van der Waals surface area contributed by atoms with Crippen LogP contribution in [0.3, 0.4) is 0 Å². The number of primary amides is 1. The molecule has 1 fully saturated rings. The van der Waals surface area contributed by atoms with Crippen LogP contribution in [0.1, 0.15) is 13.3 Å². The zero-order valence-corrected chi connectivity index (χ0v) is 14.1. The lowest BCUT2D eigenvalue weighted by Crippen LogP contribution is -2.45. The molecule has 1 unspecified atom stereocenters. The fourth-order valence-electron chi connectivity index (χ4n) is 2.69. The molecule has 0 saturated carbocycles. The number of hydrazine groups is 1. The van der Waals surface area contributed by atoms with Crippen LogP contribution < -0.4 is 11.2 Å². The highest BCUT2D eigenvalue weighted by atomic mass is 16.5. The third-order valence-corrected chi connectivity index (χ3v) is 3.80. The summed E-state index contributed by atoms with van der Waals surface area (Å²) in [6, 6.07) is 0.0530. The van der Waals surface area contributed by atoms with Crippen LogP contribution in [0.5, 0.6) is 0 Å². The number of morpholine rings is 1. The fourth-order valence-corrected chi connectivity index (χ4v) is 2.69. The Labute approximate surface area is 143 Å². The summed E-state index contributed by atoms with van der Waals surface area (Å²) in [6.45, 7) is 8.67. The molecule has 0 aromatic carbocycles. The molecule has 0 spiro atoms. The third kappa shape index (κ3) is 4.84. The van der Waals surface area contributed by atoms with E-state index in [0.29, 0.717) is 13.2 Å². The molecule has 2 rings (SSSR count). The molecule has 0 radical (unpaired) electrons. The normalized spacial score (nSPS) is 22.5. The molecule has 6 heteroatoms. The van der Waals surface area contributed by atoms with Gasteiger partial charge in [-0.25, -0.2) is 5.43 Å². The van der Waals surface area contributed by atoms with Crippen LogP contribution in [0.2, 0.25) is 0 Å². The van der Waals surface area contributed by atoms with Crippen molar-refractivity contribution in [2.45, 2.75) is 19.4 Å². The maximum absolute atomic E-state index is 11.2. The van der Waals surface area contributed by atoms with E-state index < -0.39 is 0 Å². The van der Waals surface area contributed by atoms with Gasteiger partial charge in [-0.15, -0.1) is 0 Å². The molecular weight excluding hydrogens is 304 g/mol. The molecule has 3 N–H and O–H groups in total. The van der Waals surface area contributed by atoms with Crippen LogP contribution >= 0.6 is 0 Å². The lowest BCUT2D eigenvalue weighted by molar-refractivity contribution is -0.117. The third-order valence-electron chi connectivity index (χ3n) is 3.80. The monoisotopic (exact) mass is 330 g/mol. The maximum atomic E-state index is 11.2. The minimum Gasteiger partial charge on any atom is -0.378 e. The fraction of sp³-hybridized carbons (Fsp3) is 0.389. The predicted octanol–water partition coefficient (Wildman–Crippen LogP) is 1.43. The SMILES string of the molecule is C=C/C=C(\C=C/C)C1C=CN(/C(=C\CC(N)=O)N2CCOCC2)N1. The molecule has 2 heterocycles. The number of hydrogen-bond acceptors (Lipinski definition) is 5. The Kier molecular flexibility index (Phi) is 6.84. The van der Waals surface area contributed by atoms with E-state index in [9.17, 15) is 4.79 Å². The summed E-state index contributed by atoms with van der Waals surface area (Å²) in [5.41, 5.74) is 9.86. The number of amides is 1. The number of nitrogens with two attached hydrogens (primary N) is 1. The molecule has 6 nitrogen and oxygen atoms in total. The molecule has 0 aromatic heterocycles. The number of carbonyl (C=O) groups is 1. The number of allylic oxidation sites excluding steroid dienone is 3. The van der Waals surface area contributed by atoms with E-state index in [2.05, 4.69) is 29.1 Å². The molecule has 0 aromatic rings. The Bertz CT molecular complexity index is 572. The van der Waals surface area contributed by atoms with Crippen molar-refractivity contribution in [2.24, 2.45) is 5.73 Å². The summed E-state index contributed by atoms with van der Waals surface area (Å²) in [7, 11) is 0. The van der Waals surface area contributed by atoms with Crippen LogP contribution in [0.4, 0.5) is 0 Å². The second-order valence-electron chi connectivity index (χ2n) is 5.55. The van der Waals surface area contributed by atoms with Gasteiger partial charge in [0.1, 0.15) is 5.82 Å². The van der Waals surface area contributed by atoms with Crippen LogP contribution in [-0.4, -0.2) is 48.2 Å². The lowest BCUT2D eigenvalue weighted by Gasteiger charge is -2.35. The van der Waals surface area contributed by atoms with Crippen molar-refractivity contribution in [3.8, 4) is 0 Å². The van der Waals surface area contributed by atoms with Gasteiger partial charge in [-0.05, 0) is 24.6 Å². The van der Waals surface area contributed by atoms with Gasteiger partial charge in [0.2, 0.25) is 5.91 Å². The molecule has 1 amide bonds. The number of hydrogen-bond donors (Lipinski definition) is 2. The number of rotatable bonds is 7. The van der Waals surface area contributed by atoms with Crippen molar-refractivity contribution >= 4 is 5.91 Å². The zero-order chi connectivity index (χ0) is 17.4. The molecule has 1 saturated heterocycles. The van der Waals surface area contributed by atoms with E-state index in [4.69, 9.17) is 10.5 Å². The quantitative estimate of drug-likeness (QED) is 0.691. The van der Waals surface area contributed by atoms with Gasteiger partial charge in [-0.3, -0.25) is 9.80 Å². The van der Waals surface area contributed by atoms with Crippen LogP contribution in [0, 0.1) is 0 Å². The Morgan fingerprint density at radius 3 is 2.83 bits per heavy atom. The van der Waals surface area contributed by atoms with Crippen LogP contribution in [-0.2, 0) is 9.53 Å². The Morgan fingerprint density at radius 1 is 1.46 bits per heavy atom. The molecule has 0 bridgehead atoms. The van der Waals surface area contributed by atoms with Crippen LogP contribution in [0.15, 0.2) is 60.6 Å². The Balaban J connectivity index is 2.15. The molecule has 130 valence electrons. The van der Waals surface area contributed by atoms with Crippen molar-refractivity contribution in [1.82, 2.24) is 15.3 Å². The molecule has 2 aliphatic rings. The van der Waals surface area contributed by atoms with E-state index in [1.54, 1.807) is 6.08 Å². The molecule has 2 aliphatic heterocycles. The number of ether oxygens (including phenoxy) is 1. The summed E-state index contributed by atoms with van der Waals surface area (Å²) in [5.74, 6) is 0.580. The van der Waals surface area contributed by atoms with Crippen molar-refractivity contribution in [3.63, 3.8) is 0 Å². The van der Waals surface area contributed by atoms with Crippen molar-refractivity contribution < 1.29 is 9.53 Å². The topological polar surface area (TPSA) is 70.8 Å². The minimum absolute atomic E-state index is 0.0530. The minimum atomic E-state index is -0.346. The lowest BCUT2D eigenvalue weighted by atomic mass is 10.1. The average molecular weight is 330 g/mol. The Morgan fingerprint density at radius 2 is 2.21 bits per heavy atom. The smallest absolute Gasteiger partial charge is 0.221 e. The van der Waals surface area contributed by atoms with E-state index in [-0.39, 0.29) is 18.4 Å². The van der Waals surface area contributed by atoms with E-state index in [1.807, 2.05) is 36.4 Å². The van der Waals surface area contributed by atoms with Gasteiger partial charge in [0, 0.05) is 25.7 Å². The van der Waals surface area contributed by atoms with Gasteiger partial charge < -0.3 is 15.4 Å². The van der Waals surface area contributed by atoms with Gasteiger partial charge in [0.15, 0.2) is 0 Å². The first-order valence-electron chi connectivity index (χ1n) is 8.16. The summed E-state index contributed by atoms with van der Waals surface area (Å²) >= 11 is 0. The first-order chi connectivity index (χ1) is 11.7. The zero-order valence-electron chi connectivity index (χ0n) is 14.1. The molecule has 1 atom stereocenters. The highest BCUT2D eigenvalue weighted by molar-refractivity contribution is 5.75. The Hall–Kier alpha value is -2.31. The summed E-state index contributed by atoms with van der Waals surface area (Å²) in [6.07, 6.45) is 13.9. The van der Waals surface area contributed by atoms with E-state index in [1.165, 1.54) is 0 Å². The maximum Gasteiger partial charge on any atom is 0.221 e. The van der Waals surface area contributed by atoms with Gasteiger partial charge in [0.05, 0.1) is 19.3 Å². The van der Waals surface area contributed by atoms with Crippen LogP contribution in [0.25, 0.3) is 0 Å². The molecular formula is C18H26N4O2. The largest absolute Gasteiger partial charge is 0.378 e. The van der Waals surface area contributed by atoms with E-state index >= 15 is 0 Å². The predicted molar refractivity (Wildman–Crippen MR) is 95.3 cm³/mol. The van der Waals surface area contributed by atoms with Gasteiger partial charge in [-0.2, -0.15) is 0 Å². The van der Waals surface area contributed by atoms with E-state index in [0.717, 1.165) is 24.5 Å². The summed E-state index contributed by atoms with van der Waals surface area (Å²) < 4.78 is 5.41. The highest BCUT2D eigenvalue weighted by Crippen LogP contribution is 2.20. The van der Waals surface area contributed by atoms with Crippen molar-refractivity contribution in [3.05, 3.63) is 60.6 Å². The molecule has 24 heavy (non-hydrogen) atoms. The van der Waals surface area contributed by atoms with Gasteiger partial charge in [0.25, 0.3) is 0 Å². The number of nitrogens with one attached hydrogen (secondary N) is 1. The van der Waals surface area contributed by atoms with Crippen molar-refractivity contribution in [2.75, 3.05) is 26.3 Å². The van der Waals surface area contributed by atoms with Gasteiger partial charge in [-0.1, -0.05) is 30.9 Å². The second-order valence-corrected chi connectivity index (χ2v) is 5.55. The van der Waals surface area contributed by atoms with Gasteiger partial charge >= 0.3 is 0 Å².